The number of ether oxygens (including phenoxy) is 1. The second kappa shape index (κ2) is 9.94. The Hall–Kier alpha value is -2.05. The van der Waals surface area contributed by atoms with Crippen LogP contribution in [0.1, 0.15) is 25.0 Å². The third-order valence-electron chi connectivity index (χ3n) is 5.25. The van der Waals surface area contributed by atoms with Crippen LogP contribution in [0, 0.1) is 12.8 Å². The van der Waals surface area contributed by atoms with Crippen molar-refractivity contribution in [3.05, 3.63) is 35.5 Å². The maximum Gasteiger partial charge on any atom is 0.191 e. The highest BCUT2D eigenvalue weighted by molar-refractivity contribution is 5.86. The molecule has 2 heterocycles. The van der Waals surface area contributed by atoms with Gasteiger partial charge in [-0.25, -0.2) is 0 Å². The van der Waals surface area contributed by atoms with Gasteiger partial charge in [0.2, 0.25) is 0 Å². The van der Waals surface area contributed by atoms with Gasteiger partial charge >= 0.3 is 0 Å². The molecule has 3 rings (SSSR count). The van der Waals surface area contributed by atoms with Gasteiger partial charge in [0.25, 0.3) is 0 Å². The van der Waals surface area contributed by atoms with Crippen molar-refractivity contribution in [2.75, 3.05) is 46.4 Å². The monoisotopic (exact) mass is 385 g/mol. The molecule has 28 heavy (non-hydrogen) atoms. The van der Waals surface area contributed by atoms with Crippen LogP contribution in [0.15, 0.2) is 29.4 Å². The fourth-order valence-electron chi connectivity index (χ4n) is 3.98. The molecule has 0 amide bonds. The molecule has 0 bridgehead atoms. The molecule has 1 saturated heterocycles. The number of aryl methyl sites for hydroxylation is 1. The van der Waals surface area contributed by atoms with Gasteiger partial charge in [0.1, 0.15) is 0 Å². The lowest BCUT2D eigenvalue weighted by atomic mass is 10.1. The summed E-state index contributed by atoms with van der Waals surface area (Å²) >= 11 is 0. The van der Waals surface area contributed by atoms with Gasteiger partial charge < -0.3 is 20.4 Å². The van der Waals surface area contributed by atoms with Crippen LogP contribution < -0.4 is 10.6 Å². The summed E-state index contributed by atoms with van der Waals surface area (Å²) in [5, 5.41) is 8.19. The van der Waals surface area contributed by atoms with Gasteiger partial charge in [-0.3, -0.25) is 9.89 Å². The topological polar surface area (TPSA) is 64.7 Å². The number of nitrogens with one attached hydrogen (secondary N) is 3. The van der Waals surface area contributed by atoms with E-state index in [0.717, 1.165) is 51.7 Å². The number of guanidine groups is 1. The van der Waals surface area contributed by atoms with Crippen LogP contribution in [-0.4, -0.2) is 68.3 Å². The van der Waals surface area contributed by atoms with Gasteiger partial charge in [-0.15, -0.1) is 0 Å². The maximum absolute atomic E-state index is 5.92. The summed E-state index contributed by atoms with van der Waals surface area (Å²) < 4.78 is 5.92. The first-order valence-corrected chi connectivity index (χ1v) is 10.4. The van der Waals surface area contributed by atoms with Gasteiger partial charge in [-0.2, -0.15) is 0 Å². The zero-order chi connectivity index (χ0) is 19.9. The minimum absolute atomic E-state index is 0.210. The molecule has 1 aliphatic rings. The number of benzene rings is 1. The molecule has 0 saturated carbocycles. The lowest BCUT2D eigenvalue weighted by Gasteiger charge is -2.34. The molecule has 0 aliphatic carbocycles. The van der Waals surface area contributed by atoms with E-state index in [-0.39, 0.29) is 6.10 Å². The first-order valence-electron chi connectivity index (χ1n) is 10.4. The van der Waals surface area contributed by atoms with Crippen molar-refractivity contribution in [3.8, 4) is 0 Å². The van der Waals surface area contributed by atoms with E-state index in [2.05, 4.69) is 70.7 Å². The fourth-order valence-corrected chi connectivity index (χ4v) is 3.98. The number of fused-ring (bicyclic) bond motifs is 1. The van der Waals surface area contributed by atoms with Crippen LogP contribution >= 0.6 is 0 Å². The molecule has 1 aliphatic heterocycles. The Labute approximate surface area is 168 Å². The number of aromatic nitrogens is 1. The summed E-state index contributed by atoms with van der Waals surface area (Å²) in [4.78, 5) is 10.2. The maximum atomic E-state index is 5.92. The van der Waals surface area contributed by atoms with Crippen molar-refractivity contribution in [1.82, 2.24) is 20.5 Å². The molecular formula is C22H35N5O. The van der Waals surface area contributed by atoms with Gasteiger partial charge in [-0.05, 0) is 36.5 Å². The summed E-state index contributed by atoms with van der Waals surface area (Å²) in [7, 11) is 1.82. The molecule has 1 atom stereocenters. The van der Waals surface area contributed by atoms with E-state index in [1.54, 1.807) is 0 Å². The number of nitrogens with zero attached hydrogens (tertiary/aromatic N) is 2. The minimum Gasteiger partial charge on any atom is -0.374 e. The van der Waals surface area contributed by atoms with Gasteiger partial charge in [-0.1, -0.05) is 26.0 Å². The lowest BCUT2D eigenvalue weighted by Crippen LogP contribution is -2.50. The number of aromatic amines is 1. The Bertz CT molecular complexity index is 782. The Morgan fingerprint density at radius 3 is 3.00 bits per heavy atom. The van der Waals surface area contributed by atoms with Crippen molar-refractivity contribution >= 4 is 16.9 Å². The normalized spacial score (nSPS) is 18.8. The standard InChI is InChI=1S/C22H35N5O/c1-16(2)14-27-10-11-28-19(15-27)13-26-22(23-4)24-9-8-18-12-25-20-7-5-6-17(3)21(18)20/h5-7,12,16,19,25H,8-11,13-15H2,1-4H3,(H2,23,24,26). The number of hydrogen-bond acceptors (Lipinski definition) is 3. The zero-order valence-corrected chi connectivity index (χ0v) is 17.7. The summed E-state index contributed by atoms with van der Waals surface area (Å²) in [5.74, 6) is 1.52. The summed E-state index contributed by atoms with van der Waals surface area (Å²) in [6, 6.07) is 6.39. The highest BCUT2D eigenvalue weighted by atomic mass is 16.5. The predicted octanol–water partition coefficient (Wildman–Crippen LogP) is 2.54. The SMILES string of the molecule is CN=C(NCCc1c[nH]c2cccc(C)c12)NCC1CN(CC(C)C)CCO1. The van der Waals surface area contributed by atoms with Crippen molar-refractivity contribution in [3.63, 3.8) is 0 Å². The molecule has 3 N–H and O–H groups in total. The van der Waals surface area contributed by atoms with Crippen LogP contribution in [-0.2, 0) is 11.2 Å². The Balaban J connectivity index is 1.45. The van der Waals surface area contributed by atoms with Crippen LogP contribution in [0.5, 0.6) is 0 Å². The number of morpholine rings is 1. The van der Waals surface area contributed by atoms with E-state index in [4.69, 9.17) is 4.74 Å². The second-order valence-corrected chi connectivity index (χ2v) is 8.09. The van der Waals surface area contributed by atoms with Crippen molar-refractivity contribution in [2.24, 2.45) is 10.9 Å². The average Bonchev–Trinajstić information content (AvgIpc) is 3.09. The molecule has 154 valence electrons. The average molecular weight is 386 g/mol. The first-order chi connectivity index (χ1) is 13.6. The number of aliphatic imine (C=N–C) groups is 1. The number of rotatable bonds is 7. The van der Waals surface area contributed by atoms with E-state index in [1.165, 1.54) is 22.0 Å². The molecule has 0 spiro atoms. The molecule has 0 radical (unpaired) electrons. The number of H-pyrrole nitrogens is 1. The summed E-state index contributed by atoms with van der Waals surface area (Å²) in [6.07, 6.45) is 3.28. The van der Waals surface area contributed by atoms with Gasteiger partial charge in [0, 0.05) is 56.9 Å². The van der Waals surface area contributed by atoms with Crippen LogP contribution in [0.4, 0.5) is 0 Å². The van der Waals surface area contributed by atoms with E-state index in [0.29, 0.717) is 5.92 Å². The molecule has 6 heteroatoms. The zero-order valence-electron chi connectivity index (χ0n) is 17.7. The molecule has 1 aromatic carbocycles. The third kappa shape index (κ3) is 5.49. The molecule has 1 aromatic heterocycles. The van der Waals surface area contributed by atoms with E-state index >= 15 is 0 Å². The summed E-state index contributed by atoms with van der Waals surface area (Å²) in [5.41, 5.74) is 3.87. The Kier molecular flexibility index (Phi) is 7.34. The fraction of sp³-hybridized carbons (Fsp3) is 0.591. The van der Waals surface area contributed by atoms with E-state index < -0.39 is 0 Å². The molecule has 6 nitrogen and oxygen atoms in total. The van der Waals surface area contributed by atoms with Gasteiger partial charge in [0.15, 0.2) is 5.96 Å². The molecule has 2 aromatic rings. The highest BCUT2D eigenvalue weighted by Crippen LogP contribution is 2.22. The quantitative estimate of drug-likeness (QED) is 0.506. The number of hydrogen-bond donors (Lipinski definition) is 3. The summed E-state index contributed by atoms with van der Waals surface area (Å²) in [6.45, 7) is 12.3. The second-order valence-electron chi connectivity index (χ2n) is 8.09. The third-order valence-corrected chi connectivity index (χ3v) is 5.25. The van der Waals surface area contributed by atoms with Gasteiger partial charge in [0.05, 0.1) is 12.7 Å². The van der Waals surface area contributed by atoms with E-state index in [9.17, 15) is 0 Å². The highest BCUT2D eigenvalue weighted by Gasteiger charge is 2.21. The van der Waals surface area contributed by atoms with Crippen LogP contribution in [0.2, 0.25) is 0 Å². The van der Waals surface area contributed by atoms with Crippen molar-refractivity contribution < 1.29 is 4.74 Å². The largest absolute Gasteiger partial charge is 0.374 e. The lowest BCUT2D eigenvalue weighted by molar-refractivity contribution is -0.0284. The van der Waals surface area contributed by atoms with Crippen LogP contribution in [0.3, 0.4) is 0 Å². The Morgan fingerprint density at radius 1 is 1.36 bits per heavy atom. The minimum atomic E-state index is 0.210. The molecule has 1 fully saturated rings. The molecule has 1 unspecified atom stereocenters. The van der Waals surface area contributed by atoms with Crippen molar-refractivity contribution in [1.29, 1.82) is 0 Å². The first kappa shape index (κ1) is 20.7. The van der Waals surface area contributed by atoms with E-state index in [1.807, 2.05) is 7.05 Å². The predicted molar refractivity (Wildman–Crippen MR) is 117 cm³/mol. The van der Waals surface area contributed by atoms with Crippen molar-refractivity contribution in [2.45, 2.75) is 33.3 Å². The molecular weight excluding hydrogens is 350 g/mol. The van der Waals surface area contributed by atoms with Crippen LogP contribution in [0.25, 0.3) is 10.9 Å². The Morgan fingerprint density at radius 2 is 2.21 bits per heavy atom. The smallest absolute Gasteiger partial charge is 0.191 e.